The maximum Gasteiger partial charge on any atom is 0.309 e. The number of carbonyl (C=O) groups excluding carboxylic acids is 1. The van der Waals surface area contributed by atoms with Crippen molar-refractivity contribution in [3.05, 3.63) is 12.2 Å². The topological polar surface area (TPSA) is 54.0 Å². The maximum atomic E-state index is 11.9. The first kappa shape index (κ1) is 15.5. The molecule has 1 saturated carbocycles. The van der Waals surface area contributed by atoms with Crippen LogP contribution in [0.1, 0.15) is 12.8 Å². The lowest BCUT2D eigenvalue weighted by Gasteiger charge is -2.16. The summed E-state index contributed by atoms with van der Waals surface area (Å²) in [5.74, 6) is 1.00. The number of carbonyl (C=O) groups is 1. The van der Waals surface area contributed by atoms with Crippen molar-refractivity contribution in [1.82, 2.24) is 0 Å². The standard InChI is InChI=1S/C15H24O5/c1-17-4-5-18-6-7-19-8-9-20-15(16)14-11-12-2-3-13(14)10-12/h2-3,12-14H,4-11H2,1H3/t12-,13+,14-/m0/s1. The Morgan fingerprint density at radius 1 is 1.00 bits per heavy atom. The van der Waals surface area contributed by atoms with Gasteiger partial charge in [0.05, 0.1) is 39.0 Å². The fourth-order valence-corrected chi connectivity index (χ4v) is 2.82. The molecule has 5 heteroatoms. The molecule has 1 fully saturated rings. The number of allylic oxidation sites excluding steroid dienone is 2. The lowest BCUT2D eigenvalue weighted by atomic mass is 9.94. The van der Waals surface area contributed by atoms with Gasteiger partial charge in [-0.2, -0.15) is 0 Å². The third-order valence-corrected chi connectivity index (χ3v) is 3.86. The molecule has 3 atom stereocenters. The van der Waals surface area contributed by atoms with Crippen LogP contribution in [0.5, 0.6) is 0 Å². The van der Waals surface area contributed by atoms with E-state index >= 15 is 0 Å². The largest absolute Gasteiger partial charge is 0.463 e. The first-order valence-electron chi connectivity index (χ1n) is 7.30. The highest BCUT2D eigenvalue weighted by Gasteiger charge is 2.40. The van der Waals surface area contributed by atoms with E-state index in [4.69, 9.17) is 18.9 Å². The van der Waals surface area contributed by atoms with E-state index in [0.29, 0.717) is 51.5 Å². The van der Waals surface area contributed by atoms with E-state index in [1.54, 1.807) is 7.11 Å². The summed E-state index contributed by atoms with van der Waals surface area (Å²) >= 11 is 0. The molecule has 0 spiro atoms. The molecule has 2 bridgehead atoms. The number of fused-ring (bicyclic) bond motifs is 2. The molecule has 0 unspecified atom stereocenters. The smallest absolute Gasteiger partial charge is 0.309 e. The molecule has 0 aromatic heterocycles. The summed E-state index contributed by atoms with van der Waals surface area (Å²) in [4.78, 5) is 11.9. The Bertz CT molecular complexity index is 328. The zero-order chi connectivity index (χ0) is 14.2. The predicted octanol–water partition coefficient (Wildman–Crippen LogP) is 1.42. The van der Waals surface area contributed by atoms with Crippen molar-refractivity contribution >= 4 is 5.97 Å². The molecular weight excluding hydrogens is 260 g/mol. The van der Waals surface area contributed by atoms with E-state index < -0.39 is 0 Å². The van der Waals surface area contributed by atoms with Crippen LogP contribution in [-0.2, 0) is 23.7 Å². The molecule has 0 N–H and O–H groups in total. The quantitative estimate of drug-likeness (QED) is 0.345. The molecule has 0 saturated heterocycles. The first-order valence-corrected chi connectivity index (χ1v) is 7.30. The third-order valence-electron chi connectivity index (χ3n) is 3.86. The van der Waals surface area contributed by atoms with Crippen molar-refractivity contribution < 1.29 is 23.7 Å². The van der Waals surface area contributed by atoms with Crippen LogP contribution in [0.4, 0.5) is 0 Å². The zero-order valence-electron chi connectivity index (χ0n) is 12.1. The van der Waals surface area contributed by atoms with Crippen LogP contribution < -0.4 is 0 Å². The van der Waals surface area contributed by atoms with E-state index in [9.17, 15) is 4.79 Å². The Morgan fingerprint density at radius 2 is 1.70 bits per heavy atom. The number of hydrogen-bond donors (Lipinski definition) is 0. The summed E-state index contributed by atoms with van der Waals surface area (Å²) in [6.07, 6.45) is 6.46. The van der Waals surface area contributed by atoms with Gasteiger partial charge in [0, 0.05) is 7.11 Å². The number of ether oxygens (including phenoxy) is 4. The molecule has 2 rings (SSSR count). The zero-order valence-corrected chi connectivity index (χ0v) is 12.1. The second kappa shape index (κ2) is 8.39. The Kier molecular flexibility index (Phi) is 6.50. The summed E-state index contributed by atoms with van der Waals surface area (Å²) in [6.45, 7) is 2.97. The van der Waals surface area contributed by atoms with Gasteiger partial charge in [-0.3, -0.25) is 4.79 Å². The van der Waals surface area contributed by atoms with Crippen molar-refractivity contribution in [1.29, 1.82) is 0 Å². The molecule has 0 amide bonds. The minimum Gasteiger partial charge on any atom is -0.463 e. The Hall–Kier alpha value is -0.910. The second-order valence-electron chi connectivity index (χ2n) is 5.27. The molecule has 0 radical (unpaired) electrons. The molecule has 0 aromatic carbocycles. The average Bonchev–Trinajstić information content (AvgIpc) is 3.08. The molecule has 0 heterocycles. The van der Waals surface area contributed by atoms with E-state index in [0.717, 1.165) is 12.8 Å². The minimum atomic E-state index is -0.0678. The van der Waals surface area contributed by atoms with Gasteiger partial charge in [-0.05, 0) is 24.7 Å². The normalized spacial score (nSPS) is 27.1. The average molecular weight is 284 g/mol. The molecule has 5 nitrogen and oxygen atoms in total. The second-order valence-corrected chi connectivity index (χ2v) is 5.27. The van der Waals surface area contributed by atoms with Crippen LogP contribution >= 0.6 is 0 Å². The molecule has 2 aliphatic carbocycles. The summed E-state index contributed by atoms with van der Waals surface area (Å²) in [6, 6.07) is 0. The van der Waals surface area contributed by atoms with E-state index in [2.05, 4.69) is 12.2 Å². The maximum absolute atomic E-state index is 11.9. The van der Waals surface area contributed by atoms with Gasteiger partial charge in [-0.15, -0.1) is 0 Å². The Morgan fingerprint density at radius 3 is 2.30 bits per heavy atom. The SMILES string of the molecule is COCCOCCOCCOC(=O)[C@H]1C[C@H]2C=C[C@@H]1C2. The Balaban J connectivity index is 1.43. The first-order chi connectivity index (χ1) is 9.81. The highest BCUT2D eigenvalue weighted by atomic mass is 16.6. The molecule has 114 valence electrons. The lowest BCUT2D eigenvalue weighted by Crippen LogP contribution is -2.23. The number of rotatable bonds is 10. The van der Waals surface area contributed by atoms with Crippen molar-refractivity contribution in [3.63, 3.8) is 0 Å². The minimum absolute atomic E-state index is 0.0678. The monoisotopic (exact) mass is 284 g/mol. The van der Waals surface area contributed by atoms with Crippen LogP contribution in [0.15, 0.2) is 12.2 Å². The fraction of sp³-hybridized carbons (Fsp3) is 0.800. The molecule has 0 aromatic rings. The van der Waals surface area contributed by atoms with E-state index in [1.165, 1.54) is 0 Å². The van der Waals surface area contributed by atoms with Crippen molar-refractivity contribution in [2.45, 2.75) is 12.8 Å². The highest BCUT2D eigenvalue weighted by Crippen LogP contribution is 2.43. The fourth-order valence-electron chi connectivity index (χ4n) is 2.82. The Labute approximate surface area is 120 Å². The number of hydrogen-bond acceptors (Lipinski definition) is 5. The van der Waals surface area contributed by atoms with Crippen molar-refractivity contribution in [3.8, 4) is 0 Å². The van der Waals surface area contributed by atoms with Crippen molar-refractivity contribution in [2.24, 2.45) is 17.8 Å². The lowest BCUT2D eigenvalue weighted by molar-refractivity contribution is -0.151. The molecule has 20 heavy (non-hydrogen) atoms. The summed E-state index contributed by atoms with van der Waals surface area (Å²) in [5, 5.41) is 0. The number of methoxy groups -OCH3 is 1. The molecular formula is C15H24O5. The summed E-state index contributed by atoms with van der Waals surface area (Å²) in [7, 11) is 1.64. The van der Waals surface area contributed by atoms with Gasteiger partial charge in [-0.1, -0.05) is 12.2 Å². The van der Waals surface area contributed by atoms with Gasteiger partial charge in [-0.25, -0.2) is 0 Å². The van der Waals surface area contributed by atoms with Crippen molar-refractivity contribution in [2.75, 3.05) is 46.8 Å². The summed E-state index contributed by atoms with van der Waals surface area (Å²) in [5.41, 5.74) is 0. The van der Waals surface area contributed by atoms with Gasteiger partial charge in [0.1, 0.15) is 6.61 Å². The summed E-state index contributed by atoms with van der Waals surface area (Å²) < 4.78 is 20.7. The van der Waals surface area contributed by atoms with Gasteiger partial charge in [0.15, 0.2) is 0 Å². The number of esters is 1. The third kappa shape index (κ3) is 4.58. The van der Waals surface area contributed by atoms with Crippen LogP contribution in [0.3, 0.4) is 0 Å². The van der Waals surface area contributed by atoms with Crippen LogP contribution in [0.2, 0.25) is 0 Å². The predicted molar refractivity (Wildman–Crippen MR) is 73.3 cm³/mol. The van der Waals surface area contributed by atoms with Gasteiger partial charge >= 0.3 is 5.97 Å². The van der Waals surface area contributed by atoms with Gasteiger partial charge in [0.2, 0.25) is 0 Å². The van der Waals surface area contributed by atoms with E-state index in [-0.39, 0.29) is 11.9 Å². The van der Waals surface area contributed by atoms with E-state index in [1.807, 2.05) is 0 Å². The van der Waals surface area contributed by atoms with Gasteiger partial charge in [0.25, 0.3) is 0 Å². The van der Waals surface area contributed by atoms with Crippen LogP contribution in [0, 0.1) is 17.8 Å². The van der Waals surface area contributed by atoms with Crippen LogP contribution in [-0.4, -0.2) is 52.7 Å². The highest BCUT2D eigenvalue weighted by molar-refractivity contribution is 5.74. The van der Waals surface area contributed by atoms with Crippen LogP contribution in [0.25, 0.3) is 0 Å². The molecule has 2 aliphatic rings. The molecule has 0 aliphatic heterocycles. The van der Waals surface area contributed by atoms with Gasteiger partial charge < -0.3 is 18.9 Å².